The molecule has 0 amide bonds. The Labute approximate surface area is 135 Å². The second kappa shape index (κ2) is 4.20. The molecule has 0 saturated carbocycles. The first-order chi connectivity index (χ1) is 11.2. The van der Waals surface area contributed by atoms with Crippen LogP contribution in [0.2, 0.25) is 0 Å². The van der Waals surface area contributed by atoms with Gasteiger partial charge in [-0.25, -0.2) is 0 Å². The van der Waals surface area contributed by atoms with Crippen LogP contribution < -0.4 is 0 Å². The van der Waals surface area contributed by atoms with Crippen LogP contribution in [0.25, 0.3) is 11.1 Å². The smallest absolute Gasteiger partial charge is 0.164 e. The van der Waals surface area contributed by atoms with Gasteiger partial charge in [-0.2, -0.15) is 0 Å². The summed E-state index contributed by atoms with van der Waals surface area (Å²) in [5.74, 6) is 0.254. The summed E-state index contributed by atoms with van der Waals surface area (Å²) in [6.07, 6.45) is 0.541. The van der Waals surface area contributed by atoms with E-state index in [-0.39, 0.29) is 11.2 Å². The Morgan fingerprint density at radius 3 is 2.13 bits per heavy atom. The summed E-state index contributed by atoms with van der Waals surface area (Å²) in [6.45, 7) is 2.12. The van der Waals surface area contributed by atoms with Crippen LogP contribution in [0.1, 0.15) is 39.0 Å². The van der Waals surface area contributed by atoms with Crippen LogP contribution in [-0.2, 0) is 5.41 Å². The molecule has 1 nitrogen and oxygen atoms in total. The van der Waals surface area contributed by atoms with Crippen LogP contribution in [0, 0.1) is 6.92 Å². The van der Waals surface area contributed by atoms with Crippen LogP contribution in [0.15, 0.2) is 66.7 Å². The van der Waals surface area contributed by atoms with E-state index in [0.717, 1.165) is 5.56 Å². The van der Waals surface area contributed by atoms with E-state index < -0.39 is 0 Å². The number of carbonyl (C=O) groups is 1. The Bertz CT molecular complexity index is 983. The van der Waals surface area contributed by atoms with E-state index in [4.69, 9.17) is 0 Å². The Balaban J connectivity index is 1.96. The third-order valence-corrected chi connectivity index (χ3v) is 5.42. The number of hydrogen-bond acceptors (Lipinski definition) is 1. The summed E-state index contributed by atoms with van der Waals surface area (Å²) in [5, 5.41) is 0. The standard InChI is InChI=1S/C22H16O/c1-14-10-11-16-15-6-2-4-8-18(15)22(20(16)12-14)13-21(23)17-7-3-5-9-19(17)22/h2-12H,13H2,1H3. The number of ketones is 1. The lowest BCUT2D eigenvalue weighted by Crippen LogP contribution is -2.24. The van der Waals surface area contributed by atoms with Crippen molar-refractivity contribution in [2.45, 2.75) is 18.8 Å². The Morgan fingerprint density at radius 1 is 0.739 bits per heavy atom. The predicted octanol–water partition coefficient (Wildman–Crippen LogP) is 4.90. The molecule has 0 fully saturated rings. The number of hydrogen-bond donors (Lipinski definition) is 0. The molecule has 5 rings (SSSR count). The molecular formula is C22H16O. The second-order valence-corrected chi connectivity index (χ2v) is 6.65. The van der Waals surface area contributed by atoms with Crippen molar-refractivity contribution in [1.29, 1.82) is 0 Å². The molecule has 1 heteroatoms. The molecule has 0 radical (unpaired) electrons. The molecule has 0 heterocycles. The number of fused-ring (bicyclic) bond motifs is 7. The van der Waals surface area contributed by atoms with Gasteiger partial charge in [0, 0.05) is 12.0 Å². The molecule has 0 saturated heterocycles. The van der Waals surface area contributed by atoms with Gasteiger partial charge in [0.25, 0.3) is 0 Å². The van der Waals surface area contributed by atoms with Gasteiger partial charge in [0.2, 0.25) is 0 Å². The van der Waals surface area contributed by atoms with Crippen molar-refractivity contribution < 1.29 is 4.79 Å². The van der Waals surface area contributed by atoms with Gasteiger partial charge in [-0.1, -0.05) is 72.3 Å². The zero-order valence-corrected chi connectivity index (χ0v) is 13.0. The van der Waals surface area contributed by atoms with Crippen molar-refractivity contribution in [3.05, 3.63) is 94.5 Å². The van der Waals surface area contributed by atoms with Gasteiger partial charge >= 0.3 is 0 Å². The monoisotopic (exact) mass is 296 g/mol. The molecule has 2 aliphatic rings. The molecular weight excluding hydrogens is 280 g/mol. The van der Waals surface area contributed by atoms with Crippen LogP contribution in [0.3, 0.4) is 0 Å². The third kappa shape index (κ3) is 1.45. The highest BCUT2D eigenvalue weighted by Gasteiger charge is 2.51. The fourth-order valence-corrected chi connectivity index (χ4v) is 4.49. The lowest BCUT2D eigenvalue weighted by atomic mass is 9.73. The van der Waals surface area contributed by atoms with E-state index in [1.165, 1.54) is 33.4 Å². The van der Waals surface area contributed by atoms with E-state index >= 15 is 0 Å². The summed E-state index contributed by atoms with van der Waals surface area (Å²) < 4.78 is 0. The lowest BCUT2D eigenvalue weighted by Gasteiger charge is -2.27. The summed E-state index contributed by atoms with van der Waals surface area (Å²) in [7, 11) is 0. The zero-order valence-electron chi connectivity index (χ0n) is 13.0. The Hall–Kier alpha value is -2.67. The predicted molar refractivity (Wildman–Crippen MR) is 91.9 cm³/mol. The highest BCUT2D eigenvalue weighted by molar-refractivity contribution is 6.06. The first-order valence-corrected chi connectivity index (χ1v) is 8.05. The number of Topliss-reactive ketones (excluding diaryl/α,β-unsaturated/α-hetero) is 1. The van der Waals surface area contributed by atoms with E-state index in [2.05, 4.69) is 61.5 Å². The summed E-state index contributed by atoms with van der Waals surface area (Å²) >= 11 is 0. The average molecular weight is 296 g/mol. The first-order valence-electron chi connectivity index (χ1n) is 8.05. The Kier molecular flexibility index (Phi) is 2.34. The van der Waals surface area contributed by atoms with E-state index in [9.17, 15) is 4.79 Å². The maximum Gasteiger partial charge on any atom is 0.164 e. The maximum atomic E-state index is 12.7. The molecule has 3 aromatic carbocycles. The molecule has 1 atom stereocenters. The second-order valence-electron chi connectivity index (χ2n) is 6.65. The molecule has 110 valence electrons. The number of aryl methyl sites for hydroxylation is 1. The summed E-state index contributed by atoms with van der Waals surface area (Å²) in [6, 6.07) is 23.3. The fraction of sp³-hybridized carbons (Fsp3) is 0.136. The molecule has 0 N–H and O–H groups in total. The molecule has 0 bridgehead atoms. The van der Waals surface area contributed by atoms with E-state index in [1.807, 2.05) is 12.1 Å². The van der Waals surface area contributed by atoms with E-state index in [0.29, 0.717) is 6.42 Å². The number of carbonyl (C=O) groups excluding carboxylic acids is 1. The Morgan fingerprint density at radius 2 is 1.35 bits per heavy atom. The molecule has 23 heavy (non-hydrogen) atoms. The molecule has 1 unspecified atom stereocenters. The number of rotatable bonds is 0. The largest absolute Gasteiger partial charge is 0.294 e. The van der Waals surface area contributed by atoms with Crippen molar-refractivity contribution in [2.75, 3.05) is 0 Å². The minimum Gasteiger partial charge on any atom is -0.294 e. The normalized spacial score (nSPS) is 20.5. The average Bonchev–Trinajstić information content (AvgIpc) is 3.03. The minimum atomic E-state index is -0.300. The SMILES string of the molecule is Cc1ccc2c(c1)C1(CC(=O)c3ccccc31)c1ccccc1-2. The van der Waals surface area contributed by atoms with Gasteiger partial charge in [0.15, 0.2) is 5.78 Å². The van der Waals surface area contributed by atoms with E-state index in [1.54, 1.807) is 0 Å². The van der Waals surface area contributed by atoms with Gasteiger partial charge in [0.1, 0.15) is 0 Å². The van der Waals surface area contributed by atoms with Gasteiger partial charge in [-0.05, 0) is 34.7 Å². The minimum absolute atomic E-state index is 0.254. The topological polar surface area (TPSA) is 17.1 Å². The molecule has 0 aliphatic heterocycles. The summed E-state index contributed by atoms with van der Waals surface area (Å²) in [5.41, 5.74) is 8.11. The molecule has 1 spiro atoms. The van der Waals surface area contributed by atoms with Crippen molar-refractivity contribution in [2.24, 2.45) is 0 Å². The highest BCUT2D eigenvalue weighted by atomic mass is 16.1. The van der Waals surface area contributed by atoms with Gasteiger partial charge in [-0.15, -0.1) is 0 Å². The van der Waals surface area contributed by atoms with Crippen LogP contribution >= 0.6 is 0 Å². The summed E-state index contributed by atoms with van der Waals surface area (Å²) in [4.78, 5) is 12.7. The van der Waals surface area contributed by atoms with Gasteiger partial charge in [-0.3, -0.25) is 4.79 Å². The molecule has 2 aliphatic carbocycles. The van der Waals surface area contributed by atoms with Crippen LogP contribution in [0.5, 0.6) is 0 Å². The van der Waals surface area contributed by atoms with Gasteiger partial charge < -0.3 is 0 Å². The fourth-order valence-electron chi connectivity index (χ4n) is 4.49. The number of benzene rings is 3. The van der Waals surface area contributed by atoms with Crippen molar-refractivity contribution >= 4 is 5.78 Å². The maximum absolute atomic E-state index is 12.7. The molecule has 3 aromatic rings. The highest BCUT2D eigenvalue weighted by Crippen LogP contribution is 2.58. The van der Waals surface area contributed by atoms with Gasteiger partial charge in [0.05, 0.1) is 5.41 Å². The first kappa shape index (κ1) is 12.8. The van der Waals surface area contributed by atoms with Crippen LogP contribution in [-0.4, -0.2) is 5.78 Å². The quantitative estimate of drug-likeness (QED) is 0.577. The van der Waals surface area contributed by atoms with Crippen molar-refractivity contribution in [1.82, 2.24) is 0 Å². The van der Waals surface area contributed by atoms with Crippen LogP contribution in [0.4, 0.5) is 0 Å². The zero-order chi connectivity index (χ0) is 15.6. The van der Waals surface area contributed by atoms with Crippen molar-refractivity contribution in [3.8, 4) is 11.1 Å². The third-order valence-electron chi connectivity index (χ3n) is 5.42. The lowest BCUT2D eigenvalue weighted by molar-refractivity contribution is 0.0984. The van der Waals surface area contributed by atoms with Crippen molar-refractivity contribution in [3.63, 3.8) is 0 Å². The molecule has 0 aromatic heterocycles.